The quantitative estimate of drug-likeness (QED) is 0.567. The highest BCUT2D eigenvalue weighted by atomic mass is 32.2. The molecule has 0 radical (unpaired) electrons. The van der Waals surface area contributed by atoms with Crippen LogP contribution in [0.4, 0.5) is 0 Å². The lowest BCUT2D eigenvalue weighted by molar-refractivity contribution is -0.151. The Morgan fingerprint density at radius 3 is 2.72 bits per heavy atom. The number of fused-ring (bicyclic) bond motifs is 1. The van der Waals surface area contributed by atoms with E-state index in [1.54, 1.807) is 0 Å². The molecule has 2 saturated carbocycles. The van der Waals surface area contributed by atoms with Crippen LogP contribution in [0.25, 0.3) is 0 Å². The summed E-state index contributed by atoms with van der Waals surface area (Å²) in [6.07, 6.45) is 3.14. The van der Waals surface area contributed by atoms with E-state index in [4.69, 9.17) is 9.84 Å². The zero-order chi connectivity index (χ0) is 12.9. The summed E-state index contributed by atoms with van der Waals surface area (Å²) < 4.78 is 5.42. The normalized spacial score (nSPS) is 41.3. The van der Waals surface area contributed by atoms with Crippen molar-refractivity contribution >= 4 is 28.8 Å². The summed E-state index contributed by atoms with van der Waals surface area (Å²) >= 11 is 0.843. The number of ether oxygens (including phenoxy) is 1. The van der Waals surface area contributed by atoms with E-state index in [1.165, 1.54) is 0 Å². The van der Waals surface area contributed by atoms with Gasteiger partial charge in [0.1, 0.15) is 6.10 Å². The molecule has 4 fully saturated rings. The highest BCUT2D eigenvalue weighted by Gasteiger charge is 2.51. The van der Waals surface area contributed by atoms with Gasteiger partial charge in [-0.2, -0.15) is 0 Å². The van der Waals surface area contributed by atoms with Gasteiger partial charge in [-0.05, 0) is 37.5 Å². The van der Waals surface area contributed by atoms with E-state index < -0.39 is 11.1 Å². The summed E-state index contributed by atoms with van der Waals surface area (Å²) in [7, 11) is 0. The van der Waals surface area contributed by atoms with Gasteiger partial charge in [0.05, 0.1) is 11.2 Å². The van der Waals surface area contributed by atoms with Crippen LogP contribution in [0.3, 0.4) is 0 Å². The maximum Gasteiger partial charge on any atom is 0.383 e. The molecule has 4 bridgehead atoms. The van der Waals surface area contributed by atoms with Gasteiger partial charge in [0, 0.05) is 0 Å². The van der Waals surface area contributed by atoms with E-state index in [-0.39, 0.29) is 29.2 Å². The van der Waals surface area contributed by atoms with Crippen LogP contribution in [0.1, 0.15) is 25.7 Å². The Balaban J connectivity index is 1.82. The maximum absolute atomic E-state index is 11.8. The van der Waals surface area contributed by atoms with E-state index in [1.807, 2.05) is 0 Å². The summed E-state index contributed by atoms with van der Waals surface area (Å²) in [5, 5.41) is 7.67. The second kappa shape index (κ2) is 4.26. The number of hydrogen-bond acceptors (Lipinski definition) is 5. The fourth-order valence-corrected chi connectivity index (χ4v) is 4.69. The van der Waals surface area contributed by atoms with Gasteiger partial charge in [0.15, 0.2) is 0 Å². The first-order chi connectivity index (χ1) is 8.54. The summed E-state index contributed by atoms with van der Waals surface area (Å²) in [6, 6.07) is 0. The molecule has 5 unspecified atom stereocenters. The van der Waals surface area contributed by atoms with Crippen molar-refractivity contribution in [1.29, 1.82) is 0 Å². The first-order valence-corrected chi connectivity index (χ1v) is 7.07. The lowest BCUT2D eigenvalue weighted by Gasteiger charge is -2.41. The predicted molar refractivity (Wildman–Crippen MR) is 62.8 cm³/mol. The Kier molecular flexibility index (Phi) is 2.84. The lowest BCUT2D eigenvalue weighted by atomic mass is 9.68. The number of rotatable bonds is 1. The molecule has 0 spiro atoms. The zero-order valence-corrected chi connectivity index (χ0v) is 10.5. The molecular weight excluding hydrogens is 256 g/mol. The van der Waals surface area contributed by atoms with E-state index in [0.29, 0.717) is 5.92 Å². The number of aliphatic carboxylic acids is 1. The van der Waals surface area contributed by atoms with Gasteiger partial charge in [-0.25, -0.2) is 4.79 Å². The smallest absolute Gasteiger partial charge is 0.383 e. The van der Waals surface area contributed by atoms with E-state index in [2.05, 4.69) is 0 Å². The van der Waals surface area contributed by atoms with Crippen molar-refractivity contribution in [2.75, 3.05) is 0 Å². The Bertz CT molecular complexity index is 421. The van der Waals surface area contributed by atoms with E-state index in [0.717, 1.165) is 37.4 Å². The minimum atomic E-state index is -1.42. The molecule has 0 amide bonds. The number of carboxylic acid groups (broad SMARTS) is 1. The van der Waals surface area contributed by atoms with Crippen LogP contribution < -0.4 is 0 Å². The number of thioether (sulfide) groups is 1. The minimum absolute atomic E-state index is 0.0377. The molecule has 4 rings (SSSR count). The van der Waals surface area contributed by atoms with Gasteiger partial charge < -0.3 is 9.84 Å². The Hall–Kier alpha value is -1.04. The van der Waals surface area contributed by atoms with Gasteiger partial charge in [-0.15, -0.1) is 0 Å². The summed E-state index contributed by atoms with van der Waals surface area (Å²) in [5.74, 6) is -0.865. The Morgan fingerprint density at radius 2 is 2.00 bits per heavy atom. The van der Waals surface area contributed by atoms with Gasteiger partial charge >= 0.3 is 11.9 Å². The molecule has 4 aliphatic rings. The Morgan fingerprint density at radius 1 is 1.22 bits per heavy atom. The fourth-order valence-electron chi connectivity index (χ4n) is 3.61. The third kappa shape index (κ3) is 1.92. The molecule has 5 nitrogen and oxygen atoms in total. The molecule has 6 heteroatoms. The number of hydrogen-bond donors (Lipinski definition) is 1. The minimum Gasteiger partial charge on any atom is -0.475 e. The van der Waals surface area contributed by atoms with E-state index >= 15 is 0 Å². The predicted octanol–water partition coefficient (Wildman–Crippen LogP) is 1.06. The summed E-state index contributed by atoms with van der Waals surface area (Å²) in [5.41, 5.74) is 0. The van der Waals surface area contributed by atoms with Crippen LogP contribution in [-0.2, 0) is 19.1 Å². The van der Waals surface area contributed by atoms with Crippen LogP contribution in [0, 0.1) is 17.8 Å². The first-order valence-electron chi connectivity index (χ1n) is 6.19. The maximum atomic E-state index is 11.8. The van der Waals surface area contributed by atoms with Crippen molar-refractivity contribution in [1.82, 2.24) is 0 Å². The average Bonchev–Trinajstić information content (AvgIpc) is 2.47. The molecule has 18 heavy (non-hydrogen) atoms. The van der Waals surface area contributed by atoms with Gasteiger partial charge in [0.25, 0.3) is 5.12 Å². The molecule has 0 aromatic rings. The fraction of sp³-hybridized carbons (Fsp3) is 0.750. The number of carboxylic acids is 1. The topological polar surface area (TPSA) is 80.7 Å². The summed E-state index contributed by atoms with van der Waals surface area (Å²) in [4.78, 5) is 33.8. The number of carbonyl (C=O) groups excluding carboxylic acids is 2. The highest BCUT2D eigenvalue weighted by molar-refractivity contribution is 8.15. The SMILES string of the molecule is O=C(O)C(=O)SC1C2CC3CC(C2)C(=O)OC1C3. The van der Waals surface area contributed by atoms with Crippen molar-refractivity contribution < 1.29 is 24.2 Å². The standard InChI is InChI=1S/C12H14O5S/c13-10(14)12(16)18-9-6-1-5-2-7(4-6)11(15)17-8(9)3-5/h5-9H,1-4H2,(H,13,14). The molecule has 2 aliphatic carbocycles. The number of esters is 1. The molecular formula is C12H14O5S. The van der Waals surface area contributed by atoms with Gasteiger partial charge in [-0.3, -0.25) is 9.59 Å². The molecule has 0 aromatic carbocycles. The average molecular weight is 270 g/mol. The van der Waals surface area contributed by atoms with Crippen molar-refractivity contribution in [2.45, 2.75) is 37.0 Å². The van der Waals surface area contributed by atoms with Gasteiger partial charge in [-0.1, -0.05) is 11.8 Å². The van der Waals surface area contributed by atoms with Crippen LogP contribution in [0.15, 0.2) is 0 Å². The van der Waals surface area contributed by atoms with Crippen molar-refractivity contribution in [3.05, 3.63) is 0 Å². The second-order valence-electron chi connectivity index (χ2n) is 5.42. The van der Waals surface area contributed by atoms with Crippen molar-refractivity contribution in [2.24, 2.45) is 17.8 Å². The number of carbonyl (C=O) groups is 3. The largest absolute Gasteiger partial charge is 0.475 e. The molecule has 0 aromatic heterocycles. The molecule has 1 N–H and O–H groups in total. The second-order valence-corrected chi connectivity index (χ2v) is 6.57. The zero-order valence-electron chi connectivity index (χ0n) is 9.70. The molecule has 98 valence electrons. The third-order valence-electron chi connectivity index (χ3n) is 4.26. The monoisotopic (exact) mass is 270 g/mol. The third-order valence-corrected chi connectivity index (χ3v) is 5.61. The van der Waals surface area contributed by atoms with Crippen molar-refractivity contribution in [3.8, 4) is 0 Å². The van der Waals surface area contributed by atoms with E-state index in [9.17, 15) is 14.4 Å². The highest BCUT2D eigenvalue weighted by Crippen LogP contribution is 2.50. The van der Waals surface area contributed by atoms with Crippen LogP contribution in [-0.4, -0.2) is 33.5 Å². The molecule has 2 saturated heterocycles. The molecule has 2 heterocycles. The van der Waals surface area contributed by atoms with Crippen LogP contribution >= 0.6 is 11.8 Å². The Labute approximate surface area is 108 Å². The van der Waals surface area contributed by atoms with Crippen LogP contribution in [0.2, 0.25) is 0 Å². The molecule has 5 atom stereocenters. The van der Waals surface area contributed by atoms with Gasteiger partial charge in [0.2, 0.25) is 0 Å². The first kappa shape index (κ1) is 12.0. The van der Waals surface area contributed by atoms with Crippen molar-refractivity contribution in [3.63, 3.8) is 0 Å². The lowest BCUT2D eigenvalue weighted by Crippen LogP contribution is -2.41. The molecule has 2 aliphatic heterocycles. The summed E-state index contributed by atoms with van der Waals surface area (Å²) in [6.45, 7) is 0. The van der Waals surface area contributed by atoms with Crippen LogP contribution in [0.5, 0.6) is 0 Å².